The molecule has 74 valence electrons. The van der Waals surface area contributed by atoms with Crippen molar-refractivity contribution >= 4 is 0 Å². The highest BCUT2D eigenvalue weighted by Gasteiger charge is 1.87. The average molecular weight is 172 g/mol. The number of hydrogen-bond donors (Lipinski definition) is 2. The lowest BCUT2D eigenvalue weighted by molar-refractivity contribution is 0.579. The fraction of sp³-hybridized carbons (Fsp3) is 1.00. The minimum atomic E-state index is 1.16. The van der Waals surface area contributed by atoms with Crippen LogP contribution in [0.15, 0.2) is 0 Å². The fourth-order valence-electron chi connectivity index (χ4n) is 1.07. The molecule has 0 spiro atoms. The fourth-order valence-corrected chi connectivity index (χ4v) is 1.07. The summed E-state index contributed by atoms with van der Waals surface area (Å²) < 4.78 is 0. The first-order valence-corrected chi connectivity index (χ1v) is 5.33. The molecule has 0 atom stereocenters. The summed E-state index contributed by atoms with van der Waals surface area (Å²) in [4.78, 5) is 0. The molecule has 0 fully saturated rings. The van der Waals surface area contributed by atoms with E-state index in [0.29, 0.717) is 0 Å². The minimum Gasteiger partial charge on any atom is -0.317 e. The van der Waals surface area contributed by atoms with Crippen LogP contribution < -0.4 is 10.6 Å². The van der Waals surface area contributed by atoms with Crippen LogP contribution >= 0.6 is 0 Å². The molecule has 2 N–H and O–H groups in total. The van der Waals surface area contributed by atoms with Crippen LogP contribution in [0.3, 0.4) is 0 Å². The van der Waals surface area contributed by atoms with Gasteiger partial charge in [0.15, 0.2) is 0 Å². The third-order valence-corrected chi connectivity index (χ3v) is 1.84. The Hall–Kier alpha value is -0.0800. The third-order valence-electron chi connectivity index (χ3n) is 1.84. The monoisotopic (exact) mass is 172 g/mol. The Morgan fingerprint density at radius 3 is 1.83 bits per heavy atom. The van der Waals surface area contributed by atoms with E-state index in [4.69, 9.17) is 0 Å². The first kappa shape index (κ1) is 11.9. The molecule has 0 rings (SSSR count). The topological polar surface area (TPSA) is 24.1 Å². The quantitative estimate of drug-likeness (QED) is 0.518. The van der Waals surface area contributed by atoms with E-state index in [1.165, 1.54) is 32.2 Å². The Morgan fingerprint density at radius 1 is 0.667 bits per heavy atom. The lowest BCUT2D eigenvalue weighted by Crippen LogP contribution is -2.23. The molecule has 0 amide bonds. The van der Waals surface area contributed by atoms with Gasteiger partial charge in [-0.25, -0.2) is 0 Å². The van der Waals surface area contributed by atoms with E-state index >= 15 is 0 Å². The van der Waals surface area contributed by atoms with Gasteiger partial charge in [0, 0.05) is 0 Å². The van der Waals surface area contributed by atoms with E-state index < -0.39 is 0 Å². The van der Waals surface area contributed by atoms with E-state index in [0.717, 1.165) is 19.6 Å². The van der Waals surface area contributed by atoms with Crippen LogP contribution in [0.4, 0.5) is 0 Å². The molecule has 0 aromatic heterocycles. The molecular formula is C10H24N2. The molecule has 2 heteroatoms. The standard InChI is InChI=1S/C10H24N2/c1-3-5-8-12-10-6-9-11-7-4-2/h11-12H,3-10H2,1-2H3. The maximum Gasteiger partial charge on any atom is -0.00368 e. The summed E-state index contributed by atoms with van der Waals surface area (Å²) in [6, 6.07) is 0. The van der Waals surface area contributed by atoms with Crippen LogP contribution in [-0.2, 0) is 0 Å². The summed E-state index contributed by atoms with van der Waals surface area (Å²) in [6.45, 7) is 9.10. The van der Waals surface area contributed by atoms with Crippen LogP contribution in [-0.4, -0.2) is 26.2 Å². The Morgan fingerprint density at radius 2 is 1.25 bits per heavy atom. The Balaban J connectivity index is 2.73. The van der Waals surface area contributed by atoms with Crippen LogP contribution in [0.2, 0.25) is 0 Å². The molecular weight excluding hydrogens is 148 g/mol. The second-order valence-corrected chi connectivity index (χ2v) is 3.21. The SMILES string of the molecule is CCCCNCCCNCCC. The first-order chi connectivity index (χ1) is 5.91. The van der Waals surface area contributed by atoms with E-state index in [-0.39, 0.29) is 0 Å². The van der Waals surface area contributed by atoms with E-state index in [1.54, 1.807) is 0 Å². The predicted molar refractivity (Wildman–Crippen MR) is 55.6 cm³/mol. The Kier molecular flexibility index (Phi) is 10.8. The van der Waals surface area contributed by atoms with Crippen molar-refractivity contribution in [3.8, 4) is 0 Å². The van der Waals surface area contributed by atoms with Crippen LogP contribution in [0.1, 0.15) is 39.5 Å². The second-order valence-electron chi connectivity index (χ2n) is 3.21. The molecule has 0 aromatic rings. The zero-order valence-electron chi connectivity index (χ0n) is 8.66. The normalized spacial score (nSPS) is 10.5. The molecule has 0 saturated carbocycles. The van der Waals surface area contributed by atoms with Crippen LogP contribution in [0.25, 0.3) is 0 Å². The highest BCUT2D eigenvalue weighted by Crippen LogP contribution is 1.82. The van der Waals surface area contributed by atoms with Gasteiger partial charge in [-0.3, -0.25) is 0 Å². The van der Waals surface area contributed by atoms with E-state index in [9.17, 15) is 0 Å². The Labute approximate surface area is 77.1 Å². The van der Waals surface area contributed by atoms with Gasteiger partial charge < -0.3 is 10.6 Å². The number of rotatable bonds is 9. The van der Waals surface area contributed by atoms with Gasteiger partial charge in [-0.15, -0.1) is 0 Å². The first-order valence-electron chi connectivity index (χ1n) is 5.33. The van der Waals surface area contributed by atoms with E-state index in [1.807, 2.05) is 0 Å². The zero-order valence-corrected chi connectivity index (χ0v) is 8.66. The van der Waals surface area contributed by atoms with Crippen molar-refractivity contribution in [2.75, 3.05) is 26.2 Å². The van der Waals surface area contributed by atoms with Gasteiger partial charge in [-0.2, -0.15) is 0 Å². The van der Waals surface area contributed by atoms with E-state index in [2.05, 4.69) is 24.5 Å². The molecule has 12 heavy (non-hydrogen) atoms. The summed E-state index contributed by atoms with van der Waals surface area (Å²) in [5, 5.41) is 6.81. The molecule has 0 bridgehead atoms. The molecule has 0 saturated heterocycles. The highest BCUT2D eigenvalue weighted by atomic mass is 14.9. The number of unbranched alkanes of at least 4 members (excludes halogenated alkanes) is 1. The smallest absolute Gasteiger partial charge is 0.00368 e. The molecule has 0 unspecified atom stereocenters. The van der Waals surface area contributed by atoms with Crippen molar-refractivity contribution in [1.29, 1.82) is 0 Å². The molecule has 0 heterocycles. The summed E-state index contributed by atoms with van der Waals surface area (Å²) in [5.74, 6) is 0. The van der Waals surface area contributed by atoms with Gasteiger partial charge >= 0.3 is 0 Å². The molecule has 0 aliphatic heterocycles. The van der Waals surface area contributed by atoms with Gasteiger partial charge in [-0.1, -0.05) is 20.3 Å². The van der Waals surface area contributed by atoms with Crippen LogP contribution in [0.5, 0.6) is 0 Å². The Bertz CT molecular complexity index is 64.2. The van der Waals surface area contributed by atoms with Gasteiger partial charge in [-0.05, 0) is 45.4 Å². The van der Waals surface area contributed by atoms with Crippen molar-refractivity contribution in [3.63, 3.8) is 0 Å². The van der Waals surface area contributed by atoms with Gasteiger partial charge in [0.05, 0.1) is 0 Å². The molecule has 0 radical (unpaired) electrons. The van der Waals surface area contributed by atoms with Gasteiger partial charge in [0.25, 0.3) is 0 Å². The van der Waals surface area contributed by atoms with Crippen LogP contribution in [0, 0.1) is 0 Å². The maximum absolute atomic E-state index is 3.42. The van der Waals surface area contributed by atoms with Crippen molar-refractivity contribution in [1.82, 2.24) is 10.6 Å². The van der Waals surface area contributed by atoms with Gasteiger partial charge in [0.1, 0.15) is 0 Å². The lowest BCUT2D eigenvalue weighted by atomic mass is 10.3. The molecule has 0 aliphatic carbocycles. The number of hydrogen-bond acceptors (Lipinski definition) is 2. The molecule has 0 aliphatic rings. The van der Waals surface area contributed by atoms with Crippen molar-refractivity contribution in [2.45, 2.75) is 39.5 Å². The minimum absolute atomic E-state index is 1.16. The average Bonchev–Trinajstić information content (AvgIpc) is 2.10. The summed E-state index contributed by atoms with van der Waals surface area (Å²) in [5.41, 5.74) is 0. The number of nitrogens with one attached hydrogen (secondary N) is 2. The summed E-state index contributed by atoms with van der Waals surface area (Å²) in [6.07, 6.45) is 5.09. The largest absolute Gasteiger partial charge is 0.317 e. The third kappa shape index (κ3) is 9.92. The summed E-state index contributed by atoms with van der Waals surface area (Å²) >= 11 is 0. The molecule has 0 aromatic carbocycles. The molecule has 2 nitrogen and oxygen atoms in total. The lowest BCUT2D eigenvalue weighted by Gasteiger charge is -2.04. The highest BCUT2D eigenvalue weighted by molar-refractivity contribution is 4.50. The predicted octanol–water partition coefficient (Wildman–Crippen LogP) is 1.77. The summed E-state index contributed by atoms with van der Waals surface area (Å²) in [7, 11) is 0. The second kappa shape index (κ2) is 10.9. The maximum atomic E-state index is 3.42. The van der Waals surface area contributed by atoms with Crippen molar-refractivity contribution < 1.29 is 0 Å². The zero-order chi connectivity index (χ0) is 9.07. The van der Waals surface area contributed by atoms with Gasteiger partial charge in [0.2, 0.25) is 0 Å². The van der Waals surface area contributed by atoms with Crippen molar-refractivity contribution in [2.24, 2.45) is 0 Å². The van der Waals surface area contributed by atoms with Crippen molar-refractivity contribution in [3.05, 3.63) is 0 Å².